The number of halogens is 1. The van der Waals surface area contributed by atoms with Crippen molar-refractivity contribution in [2.45, 2.75) is 57.9 Å². The fourth-order valence-electron chi connectivity index (χ4n) is 2.94. The second-order valence-electron chi connectivity index (χ2n) is 7.75. The van der Waals surface area contributed by atoms with E-state index in [0.29, 0.717) is 18.3 Å². The highest BCUT2D eigenvalue weighted by molar-refractivity contribution is 14.0. The number of rotatable bonds is 7. The van der Waals surface area contributed by atoms with Gasteiger partial charge >= 0.3 is 0 Å². The van der Waals surface area contributed by atoms with Gasteiger partial charge < -0.3 is 10.6 Å². The van der Waals surface area contributed by atoms with Gasteiger partial charge in [0.2, 0.25) is 0 Å². The van der Waals surface area contributed by atoms with Gasteiger partial charge in [0.05, 0.1) is 6.54 Å². The second-order valence-corrected chi connectivity index (χ2v) is 10.9. The Morgan fingerprint density at radius 3 is 2.63 bits per heavy atom. The Hall–Kier alpha value is -0.190. The maximum atomic E-state index is 12.2. The molecule has 0 saturated carbocycles. The van der Waals surface area contributed by atoms with Gasteiger partial charge in [-0.3, -0.25) is 14.1 Å². The number of nitrogens with zero attached hydrogens (tertiary/aromatic N) is 2. The van der Waals surface area contributed by atoms with E-state index in [1.165, 1.54) is 5.56 Å². The summed E-state index contributed by atoms with van der Waals surface area (Å²) >= 11 is 1.77. The molecule has 0 aliphatic carbocycles. The average Bonchev–Trinajstić information content (AvgIpc) is 3.09. The third-order valence-electron chi connectivity index (χ3n) is 4.49. The van der Waals surface area contributed by atoms with Crippen molar-refractivity contribution in [1.82, 2.24) is 15.5 Å². The Labute approximate surface area is 188 Å². The maximum absolute atomic E-state index is 12.2. The lowest BCUT2D eigenvalue weighted by Crippen LogP contribution is -2.48. The molecule has 0 radical (unpaired) electrons. The predicted molar refractivity (Wildman–Crippen MR) is 130 cm³/mol. The molecule has 1 aromatic rings. The van der Waals surface area contributed by atoms with E-state index in [9.17, 15) is 4.21 Å². The van der Waals surface area contributed by atoms with Crippen molar-refractivity contribution in [3.05, 3.63) is 22.4 Å². The summed E-state index contributed by atoms with van der Waals surface area (Å²) in [7, 11) is -0.854. The van der Waals surface area contributed by atoms with Crippen LogP contribution in [0.5, 0.6) is 0 Å². The SMILES string of the molecule is CCNC(=NCCS(=O)C(C)(C)C)NC1CCN(Cc2ccsc2)CC1.I. The fraction of sp³-hybridized carbons (Fsp3) is 0.737. The molecule has 0 bridgehead atoms. The lowest BCUT2D eigenvalue weighted by Gasteiger charge is -2.33. The van der Waals surface area contributed by atoms with Gasteiger partial charge in [-0.05, 0) is 62.9 Å². The second kappa shape index (κ2) is 12.4. The molecular weight excluding hydrogens is 491 g/mol. The van der Waals surface area contributed by atoms with Gasteiger partial charge in [0, 0.05) is 53.5 Å². The standard InChI is InChI=1S/C19H34N4OS2.HI/c1-5-20-18(21-9-13-26(24)19(2,3)4)22-17-6-10-23(11-7-17)14-16-8-12-25-15-16;/h8,12,15,17H,5-7,9-11,13-14H2,1-4H3,(H2,20,21,22);1H. The minimum Gasteiger partial charge on any atom is -0.357 e. The number of nitrogens with one attached hydrogen (secondary N) is 2. The van der Waals surface area contributed by atoms with Crippen LogP contribution >= 0.6 is 35.3 Å². The molecule has 1 aliphatic rings. The molecule has 1 aromatic heterocycles. The van der Waals surface area contributed by atoms with E-state index in [0.717, 1.165) is 45.0 Å². The molecule has 1 atom stereocenters. The van der Waals surface area contributed by atoms with Crippen LogP contribution in [-0.4, -0.2) is 57.8 Å². The van der Waals surface area contributed by atoms with Crippen molar-refractivity contribution in [2.24, 2.45) is 4.99 Å². The van der Waals surface area contributed by atoms with Gasteiger partial charge in [0.1, 0.15) is 0 Å². The molecule has 0 spiro atoms. The Balaban J connectivity index is 0.00000364. The Kier molecular flexibility index (Phi) is 11.4. The molecule has 1 unspecified atom stereocenters. The van der Waals surface area contributed by atoms with Crippen LogP contribution in [0, 0.1) is 0 Å². The monoisotopic (exact) mass is 526 g/mol. The summed E-state index contributed by atoms with van der Waals surface area (Å²) in [6.45, 7) is 12.8. The van der Waals surface area contributed by atoms with Crippen LogP contribution in [0.15, 0.2) is 21.8 Å². The molecule has 8 heteroatoms. The van der Waals surface area contributed by atoms with Crippen LogP contribution in [0.3, 0.4) is 0 Å². The lowest BCUT2D eigenvalue weighted by atomic mass is 10.0. The van der Waals surface area contributed by atoms with Crippen LogP contribution in [-0.2, 0) is 17.3 Å². The number of aliphatic imine (C=N–C) groups is 1. The maximum Gasteiger partial charge on any atom is 0.191 e. The molecule has 0 aromatic carbocycles. The number of thiophene rings is 1. The lowest BCUT2D eigenvalue weighted by molar-refractivity contribution is 0.198. The Morgan fingerprint density at radius 2 is 2.07 bits per heavy atom. The normalized spacial score (nSPS) is 18.0. The summed E-state index contributed by atoms with van der Waals surface area (Å²) in [6, 6.07) is 2.67. The number of hydrogen-bond donors (Lipinski definition) is 2. The van der Waals surface area contributed by atoms with Gasteiger partial charge in [-0.15, -0.1) is 24.0 Å². The number of hydrogen-bond acceptors (Lipinski definition) is 4. The van der Waals surface area contributed by atoms with E-state index in [1.54, 1.807) is 11.3 Å². The first-order valence-corrected chi connectivity index (χ1v) is 11.8. The number of likely N-dealkylation sites (tertiary alicyclic amines) is 1. The smallest absolute Gasteiger partial charge is 0.191 e. The van der Waals surface area contributed by atoms with Gasteiger partial charge in [0.15, 0.2) is 5.96 Å². The highest BCUT2D eigenvalue weighted by atomic mass is 127. The molecule has 0 amide bonds. The highest BCUT2D eigenvalue weighted by Crippen LogP contribution is 2.15. The van der Waals surface area contributed by atoms with Gasteiger partial charge in [-0.1, -0.05) is 0 Å². The Bertz CT molecular complexity index is 579. The average molecular weight is 527 g/mol. The van der Waals surface area contributed by atoms with E-state index in [2.05, 4.69) is 44.3 Å². The first-order chi connectivity index (χ1) is 12.4. The van der Waals surface area contributed by atoms with Crippen LogP contribution in [0.25, 0.3) is 0 Å². The molecule has 2 rings (SSSR count). The van der Waals surface area contributed by atoms with E-state index in [4.69, 9.17) is 0 Å². The summed E-state index contributed by atoms with van der Waals surface area (Å²) in [6.07, 6.45) is 2.25. The number of piperidine rings is 1. The molecule has 156 valence electrons. The summed E-state index contributed by atoms with van der Waals surface area (Å²) in [4.78, 5) is 7.15. The van der Waals surface area contributed by atoms with Crippen molar-refractivity contribution in [1.29, 1.82) is 0 Å². The van der Waals surface area contributed by atoms with Gasteiger partial charge in [-0.25, -0.2) is 0 Å². The molecule has 2 N–H and O–H groups in total. The topological polar surface area (TPSA) is 56.7 Å². The van der Waals surface area contributed by atoms with Crippen molar-refractivity contribution in [3.63, 3.8) is 0 Å². The summed E-state index contributed by atoms with van der Waals surface area (Å²) in [5.41, 5.74) is 1.42. The van der Waals surface area contributed by atoms with E-state index in [-0.39, 0.29) is 28.7 Å². The van der Waals surface area contributed by atoms with Crippen LogP contribution < -0.4 is 10.6 Å². The molecule has 2 heterocycles. The predicted octanol–water partition coefficient (Wildman–Crippen LogP) is 3.43. The van der Waals surface area contributed by atoms with Crippen molar-refractivity contribution in [3.8, 4) is 0 Å². The van der Waals surface area contributed by atoms with Crippen molar-refractivity contribution >= 4 is 52.1 Å². The summed E-state index contributed by atoms with van der Waals surface area (Å²) in [5.74, 6) is 1.47. The first-order valence-electron chi connectivity index (χ1n) is 9.55. The first kappa shape index (κ1) is 24.8. The molecule has 1 fully saturated rings. The van der Waals surface area contributed by atoms with Crippen LogP contribution in [0.2, 0.25) is 0 Å². The zero-order chi connectivity index (χ0) is 19.0. The van der Waals surface area contributed by atoms with E-state index >= 15 is 0 Å². The molecule has 1 aliphatic heterocycles. The zero-order valence-corrected chi connectivity index (χ0v) is 21.0. The summed E-state index contributed by atoms with van der Waals surface area (Å²) < 4.78 is 12.0. The van der Waals surface area contributed by atoms with Crippen LogP contribution in [0.1, 0.15) is 46.1 Å². The largest absolute Gasteiger partial charge is 0.357 e. The molecule has 1 saturated heterocycles. The molecular formula is C19H35IN4OS2. The van der Waals surface area contributed by atoms with Gasteiger partial charge in [-0.2, -0.15) is 11.3 Å². The fourth-order valence-corrected chi connectivity index (χ4v) is 4.47. The van der Waals surface area contributed by atoms with Gasteiger partial charge in [0.25, 0.3) is 0 Å². The van der Waals surface area contributed by atoms with Crippen molar-refractivity contribution < 1.29 is 4.21 Å². The van der Waals surface area contributed by atoms with E-state index < -0.39 is 10.8 Å². The Morgan fingerprint density at radius 1 is 1.37 bits per heavy atom. The molecule has 27 heavy (non-hydrogen) atoms. The third kappa shape index (κ3) is 9.23. The minimum atomic E-state index is -0.854. The molecule has 5 nitrogen and oxygen atoms in total. The summed E-state index contributed by atoms with van der Waals surface area (Å²) in [5, 5.41) is 11.3. The minimum absolute atomic E-state index is 0. The highest BCUT2D eigenvalue weighted by Gasteiger charge is 2.21. The van der Waals surface area contributed by atoms with E-state index in [1.807, 2.05) is 20.8 Å². The quantitative estimate of drug-likeness (QED) is 0.325. The van der Waals surface area contributed by atoms with Crippen molar-refractivity contribution in [2.75, 3.05) is 31.9 Å². The zero-order valence-electron chi connectivity index (χ0n) is 17.0. The van der Waals surface area contributed by atoms with Crippen LogP contribution in [0.4, 0.5) is 0 Å². The number of guanidine groups is 1. The third-order valence-corrected chi connectivity index (χ3v) is 7.14.